The number of hydrogen-bond acceptors (Lipinski definition) is 3. The minimum atomic E-state index is -0.350. The molecule has 1 heterocycles. The number of guanidine groups is 1. The highest BCUT2D eigenvalue weighted by atomic mass is 16.5. The first kappa shape index (κ1) is 11.6. The van der Waals surface area contributed by atoms with Crippen molar-refractivity contribution in [3.63, 3.8) is 0 Å². The number of aliphatic imine (C=N–C) groups is 1. The van der Waals surface area contributed by atoms with Crippen LogP contribution in [0.1, 0.15) is 11.6 Å². The average molecular weight is 233 g/mol. The van der Waals surface area contributed by atoms with Gasteiger partial charge in [0.05, 0.1) is 13.2 Å². The molecule has 5 heteroatoms. The molecule has 1 aliphatic rings. The Balaban J connectivity index is 2.03. The maximum Gasteiger partial charge on any atom is 0.253 e. The van der Waals surface area contributed by atoms with E-state index in [4.69, 9.17) is 4.74 Å². The van der Waals surface area contributed by atoms with Crippen LogP contribution in [0.15, 0.2) is 35.3 Å². The highest BCUT2D eigenvalue weighted by molar-refractivity contribution is 6.06. The maximum atomic E-state index is 11.7. The topological polar surface area (TPSA) is 62.7 Å². The summed E-state index contributed by atoms with van der Waals surface area (Å²) in [4.78, 5) is 15.9. The van der Waals surface area contributed by atoms with Gasteiger partial charge in [-0.05, 0) is 5.56 Å². The summed E-state index contributed by atoms with van der Waals surface area (Å²) in [6.45, 7) is 1.07. The Morgan fingerprint density at radius 3 is 2.82 bits per heavy atom. The molecule has 0 aliphatic carbocycles. The van der Waals surface area contributed by atoms with Gasteiger partial charge in [-0.1, -0.05) is 30.3 Å². The van der Waals surface area contributed by atoms with Crippen molar-refractivity contribution in [2.45, 2.75) is 6.04 Å². The summed E-state index contributed by atoms with van der Waals surface area (Å²) in [5.74, 6) is 0.438. The Morgan fingerprint density at radius 2 is 2.12 bits per heavy atom. The van der Waals surface area contributed by atoms with E-state index < -0.39 is 0 Å². The average Bonchev–Trinajstić information content (AvgIpc) is 2.72. The smallest absolute Gasteiger partial charge is 0.253 e. The van der Waals surface area contributed by atoms with Crippen molar-refractivity contribution >= 4 is 11.9 Å². The van der Waals surface area contributed by atoms with Gasteiger partial charge in [-0.15, -0.1) is 0 Å². The van der Waals surface area contributed by atoms with Crippen LogP contribution in [0.5, 0.6) is 0 Å². The lowest BCUT2D eigenvalue weighted by molar-refractivity contribution is -0.120. The number of nitrogens with one attached hydrogen (secondary N) is 2. The molecule has 1 aromatic rings. The molecule has 5 nitrogen and oxygen atoms in total. The molecule has 0 saturated carbocycles. The Kier molecular flexibility index (Phi) is 3.72. The Hall–Kier alpha value is -1.88. The molecule has 1 aromatic carbocycles. The quantitative estimate of drug-likeness (QED) is 0.742. The van der Waals surface area contributed by atoms with E-state index in [9.17, 15) is 4.79 Å². The summed E-state index contributed by atoms with van der Waals surface area (Å²) in [5.41, 5.74) is 0.932. The first-order chi connectivity index (χ1) is 8.31. The van der Waals surface area contributed by atoms with Crippen molar-refractivity contribution in [2.24, 2.45) is 4.99 Å². The summed E-state index contributed by atoms with van der Waals surface area (Å²) < 4.78 is 4.89. The van der Waals surface area contributed by atoms with Gasteiger partial charge in [0, 0.05) is 7.11 Å². The fraction of sp³-hybridized carbons (Fsp3) is 0.333. The molecule has 0 spiro atoms. The fourth-order valence-corrected chi connectivity index (χ4v) is 1.64. The van der Waals surface area contributed by atoms with Crippen molar-refractivity contribution in [1.29, 1.82) is 0 Å². The summed E-state index contributed by atoms with van der Waals surface area (Å²) in [6, 6.07) is 9.21. The number of methoxy groups -OCH3 is 1. The number of benzene rings is 1. The second-order valence-corrected chi connectivity index (χ2v) is 3.70. The number of rotatable bonds is 4. The molecule has 2 N–H and O–H groups in total. The van der Waals surface area contributed by atoms with E-state index in [0.717, 1.165) is 5.56 Å². The monoisotopic (exact) mass is 233 g/mol. The van der Waals surface area contributed by atoms with Gasteiger partial charge in [0.2, 0.25) is 0 Å². The van der Waals surface area contributed by atoms with Crippen LogP contribution >= 0.6 is 0 Å². The van der Waals surface area contributed by atoms with E-state index in [-0.39, 0.29) is 11.9 Å². The molecule has 90 valence electrons. The van der Waals surface area contributed by atoms with Crippen LogP contribution in [0.2, 0.25) is 0 Å². The number of hydrogen-bond donors (Lipinski definition) is 2. The van der Waals surface area contributed by atoms with E-state index in [1.807, 2.05) is 30.3 Å². The summed E-state index contributed by atoms with van der Waals surface area (Å²) in [7, 11) is 1.62. The molecule has 1 atom stereocenters. The molecule has 1 aliphatic heterocycles. The number of nitrogens with zero attached hydrogens (tertiary/aromatic N) is 1. The second kappa shape index (κ2) is 5.45. The molecule has 1 fully saturated rings. The van der Waals surface area contributed by atoms with Gasteiger partial charge in [0.15, 0.2) is 5.96 Å². The third kappa shape index (κ3) is 2.82. The van der Waals surface area contributed by atoms with E-state index in [1.165, 1.54) is 0 Å². The highest BCUT2D eigenvalue weighted by Gasteiger charge is 2.29. The second-order valence-electron chi connectivity index (χ2n) is 3.70. The number of amides is 1. The standard InChI is InChI=1S/C12H15N3O2/c1-17-8-7-13-12-14-10(11(16)15-12)9-5-3-2-4-6-9/h2-6,10H,7-8H2,1H3,(H2,13,14,15,16). The fourth-order valence-electron chi connectivity index (χ4n) is 1.64. The lowest BCUT2D eigenvalue weighted by atomic mass is 10.1. The number of carbonyl (C=O) groups is 1. The minimum absolute atomic E-state index is 0.0765. The zero-order chi connectivity index (χ0) is 12.1. The van der Waals surface area contributed by atoms with Crippen LogP contribution in [0.4, 0.5) is 0 Å². The van der Waals surface area contributed by atoms with Gasteiger partial charge >= 0.3 is 0 Å². The molecule has 0 radical (unpaired) electrons. The number of ether oxygens (including phenoxy) is 1. The normalized spacial score (nSPS) is 21.4. The summed E-state index contributed by atoms with van der Waals surface area (Å²) >= 11 is 0. The molecule has 17 heavy (non-hydrogen) atoms. The lowest BCUT2D eigenvalue weighted by Gasteiger charge is -2.07. The number of carbonyl (C=O) groups excluding carboxylic acids is 1. The van der Waals surface area contributed by atoms with E-state index in [0.29, 0.717) is 19.1 Å². The SMILES string of the molecule is COCCN=C1NC(=O)C(c2ccccc2)N1. The van der Waals surface area contributed by atoms with Crippen LogP contribution in [0, 0.1) is 0 Å². The molecule has 2 rings (SSSR count). The van der Waals surface area contributed by atoms with E-state index in [2.05, 4.69) is 15.6 Å². The molecular formula is C12H15N3O2. The van der Waals surface area contributed by atoms with Gasteiger partial charge in [-0.2, -0.15) is 0 Å². The van der Waals surface area contributed by atoms with Crippen molar-refractivity contribution < 1.29 is 9.53 Å². The van der Waals surface area contributed by atoms with Gasteiger partial charge in [0.1, 0.15) is 6.04 Å². The molecule has 1 amide bonds. The summed E-state index contributed by atoms with van der Waals surface area (Å²) in [6.07, 6.45) is 0. The van der Waals surface area contributed by atoms with Crippen LogP contribution in [0.25, 0.3) is 0 Å². The van der Waals surface area contributed by atoms with Gasteiger partial charge in [-0.25, -0.2) is 0 Å². The zero-order valence-corrected chi connectivity index (χ0v) is 9.64. The molecule has 0 aromatic heterocycles. The largest absolute Gasteiger partial charge is 0.383 e. The van der Waals surface area contributed by atoms with Crippen molar-refractivity contribution in [3.05, 3.63) is 35.9 Å². The first-order valence-corrected chi connectivity index (χ1v) is 5.47. The summed E-state index contributed by atoms with van der Waals surface area (Å²) in [5, 5.41) is 5.76. The van der Waals surface area contributed by atoms with Gasteiger partial charge < -0.3 is 10.1 Å². The van der Waals surface area contributed by atoms with Crippen molar-refractivity contribution in [3.8, 4) is 0 Å². The molecular weight excluding hydrogens is 218 g/mol. The Morgan fingerprint density at radius 1 is 1.35 bits per heavy atom. The van der Waals surface area contributed by atoms with Gasteiger partial charge in [0.25, 0.3) is 5.91 Å². The van der Waals surface area contributed by atoms with E-state index >= 15 is 0 Å². The Labute approximate surface area is 99.9 Å². The third-order valence-corrected chi connectivity index (χ3v) is 2.48. The maximum absolute atomic E-state index is 11.7. The van der Waals surface area contributed by atoms with Crippen LogP contribution < -0.4 is 10.6 Å². The van der Waals surface area contributed by atoms with E-state index in [1.54, 1.807) is 7.11 Å². The molecule has 1 unspecified atom stereocenters. The first-order valence-electron chi connectivity index (χ1n) is 5.47. The van der Waals surface area contributed by atoms with Crippen LogP contribution in [-0.2, 0) is 9.53 Å². The third-order valence-electron chi connectivity index (χ3n) is 2.48. The predicted molar refractivity (Wildman–Crippen MR) is 64.6 cm³/mol. The van der Waals surface area contributed by atoms with Crippen molar-refractivity contribution in [1.82, 2.24) is 10.6 Å². The molecule has 1 saturated heterocycles. The van der Waals surface area contributed by atoms with Crippen LogP contribution in [-0.4, -0.2) is 32.1 Å². The lowest BCUT2D eigenvalue weighted by Crippen LogP contribution is -2.26. The van der Waals surface area contributed by atoms with Crippen LogP contribution in [0.3, 0.4) is 0 Å². The van der Waals surface area contributed by atoms with Crippen molar-refractivity contribution in [2.75, 3.05) is 20.3 Å². The zero-order valence-electron chi connectivity index (χ0n) is 9.64. The minimum Gasteiger partial charge on any atom is -0.383 e. The Bertz CT molecular complexity index is 417. The van der Waals surface area contributed by atoms with Gasteiger partial charge in [-0.3, -0.25) is 15.1 Å². The highest BCUT2D eigenvalue weighted by Crippen LogP contribution is 2.15. The predicted octanol–water partition coefficient (Wildman–Crippen LogP) is 0.449. The molecule has 0 bridgehead atoms.